The maximum atomic E-state index is 10.9. The molecule has 11 heavy (non-hydrogen) atoms. The van der Waals surface area contributed by atoms with Crippen molar-refractivity contribution in [2.75, 3.05) is 5.75 Å². The second-order valence-electron chi connectivity index (χ2n) is 3.33. The van der Waals surface area contributed by atoms with E-state index >= 15 is 0 Å². The molecule has 1 unspecified atom stereocenters. The Morgan fingerprint density at radius 1 is 1.64 bits per heavy atom. The van der Waals surface area contributed by atoms with Crippen LogP contribution in [0.15, 0.2) is 0 Å². The van der Waals surface area contributed by atoms with Crippen LogP contribution in [0.2, 0.25) is 0 Å². The van der Waals surface area contributed by atoms with Crippen LogP contribution < -0.4 is 0 Å². The maximum Gasteiger partial charge on any atom is 0.269 e. The van der Waals surface area contributed by atoms with Gasteiger partial charge in [0.25, 0.3) is 10.1 Å². The minimum absolute atomic E-state index is 0.00880. The highest BCUT2D eigenvalue weighted by molar-refractivity contribution is 7.87. The molecule has 0 amide bonds. The molecule has 0 bridgehead atoms. The molecule has 0 radical (unpaired) electrons. The van der Waals surface area contributed by atoms with E-state index in [9.17, 15) is 8.42 Å². The van der Waals surface area contributed by atoms with Gasteiger partial charge >= 0.3 is 0 Å². The summed E-state index contributed by atoms with van der Waals surface area (Å²) >= 11 is 0. The molecule has 4 heteroatoms. The van der Waals surface area contributed by atoms with E-state index in [1.165, 1.54) is 0 Å². The van der Waals surface area contributed by atoms with Gasteiger partial charge in [-0.3, -0.25) is 4.18 Å². The Hall–Kier alpha value is -0.530. The second-order valence-corrected chi connectivity index (χ2v) is 4.93. The highest BCUT2D eigenvalue weighted by atomic mass is 32.2. The van der Waals surface area contributed by atoms with E-state index in [1.54, 1.807) is 13.8 Å². The molecule has 3 nitrogen and oxygen atoms in total. The number of hydrogen-bond acceptors (Lipinski definition) is 3. The Bertz CT molecular complexity index is 294. The molecular formula is C7H10O3S. The van der Waals surface area contributed by atoms with Gasteiger partial charge in [-0.25, -0.2) is 0 Å². The van der Waals surface area contributed by atoms with Crippen LogP contribution in [0.5, 0.6) is 0 Å². The predicted molar refractivity (Wildman–Crippen MR) is 41.3 cm³/mol. The summed E-state index contributed by atoms with van der Waals surface area (Å²) in [6.45, 7) is 3.56. The Morgan fingerprint density at radius 2 is 2.18 bits per heavy atom. The van der Waals surface area contributed by atoms with E-state index in [2.05, 4.69) is 10.1 Å². The molecule has 0 aromatic carbocycles. The lowest BCUT2D eigenvalue weighted by Crippen LogP contribution is -2.24. The van der Waals surface area contributed by atoms with Gasteiger partial charge in [0.2, 0.25) is 0 Å². The molecule has 0 saturated carbocycles. The minimum Gasteiger partial charge on any atom is -0.253 e. The molecule has 1 saturated heterocycles. The zero-order chi connectivity index (χ0) is 8.70. The first kappa shape index (κ1) is 8.57. The van der Waals surface area contributed by atoms with Crippen LogP contribution in [0.4, 0.5) is 0 Å². The summed E-state index contributed by atoms with van der Waals surface area (Å²) in [6, 6.07) is 0. The molecule has 1 rings (SSSR count). The van der Waals surface area contributed by atoms with Gasteiger partial charge in [-0.1, -0.05) is 19.8 Å². The zero-order valence-corrected chi connectivity index (χ0v) is 7.31. The third-order valence-electron chi connectivity index (χ3n) is 1.65. The SMILES string of the molecule is C#CC1OS(=O)(=O)CC1(C)C. The molecule has 1 aliphatic rings. The van der Waals surface area contributed by atoms with Crippen LogP contribution in [0, 0.1) is 17.8 Å². The molecule has 0 aromatic heterocycles. The van der Waals surface area contributed by atoms with Gasteiger partial charge in [-0.2, -0.15) is 8.42 Å². The van der Waals surface area contributed by atoms with Gasteiger partial charge in [0.1, 0.15) is 6.10 Å². The number of terminal acetylenes is 1. The highest BCUT2D eigenvalue weighted by Gasteiger charge is 2.44. The third kappa shape index (κ3) is 1.55. The predicted octanol–water partition coefficient (Wildman–Crippen LogP) is 0.374. The molecule has 62 valence electrons. The molecular weight excluding hydrogens is 164 g/mol. The van der Waals surface area contributed by atoms with Crippen molar-refractivity contribution in [1.29, 1.82) is 0 Å². The summed E-state index contributed by atoms with van der Waals surface area (Å²) in [7, 11) is -3.36. The Morgan fingerprint density at radius 3 is 2.36 bits per heavy atom. The van der Waals surface area contributed by atoms with Gasteiger partial charge in [-0.05, 0) is 0 Å². The van der Waals surface area contributed by atoms with Crippen molar-refractivity contribution in [2.24, 2.45) is 5.41 Å². The monoisotopic (exact) mass is 174 g/mol. The lowest BCUT2D eigenvalue weighted by Gasteiger charge is -2.16. The quantitative estimate of drug-likeness (QED) is 0.394. The van der Waals surface area contributed by atoms with Crippen molar-refractivity contribution in [3.63, 3.8) is 0 Å². The first-order valence-electron chi connectivity index (χ1n) is 3.24. The molecule has 0 spiro atoms. The molecule has 1 atom stereocenters. The maximum absolute atomic E-state index is 10.9. The summed E-state index contributed by atoms with van der Waals surface area (Å²) in [5.41, 5.74) is -0.451. The van der Waals surface area contributed by atoms with Crippen LogP contribution in [0.25, 0.3) is 0 Å². The van der Waals surface area contributed by atoms with Crippen molar-refractivity contribution in [1.82, 2.24) is 0 Å². The lowest BCUT2D eigenvalue weighted by atomic mass is 9.90. The van der Waals surface area contributed by atoms with E-state index in [1.807, 2.05) is 0 Å². The van der Waals surface area contributed by atoms with E-state index in [0.29, 0.717) is 0 Å². The third-order valence-corrected chi connectivity index (χ3v) is 3.24. The smallest absolute Gasteiger partial charge is 0.253 e. The Labute approximate surface area is 66.9 Å². The average Bonchev–Trinajstić information content (AvgIpc) is 1.99. The van der Waals surface area contributed by atoms with Gasteiger partial charge in [0.15, 0.2) is 0 Å². The molecule has 1 aliphatic heterocycles. The first-order chi connectivity index (χ1) is 4.87. The average molecular weight is 174 g/mol. The normalized spacial score (nSPS) is 33.0. The fraction of sp³-hybridized carbons (Fsp3) is 0.714. The van der Waals surface area contributed by atoms with Crippen LogP contribution in [0.1, 0.15) is 13.8 Å². The summed E-state index contributed by atoms with van der Waals surface area (Å²) in [5.74, 6) is 2.32. The lowest BCUT2D eigenvalue weighted by molar-refractivity contribution is 0.190. The number of rotatable bonds is 0. The van der Waals surface area contributed by atoms with E-state index < -0.39 is 21.6 Å². The van der Waals surface area contributed by atoms with Crippen LogP contribution in [0.3, 0.4) is 0 Å². The topological polar surface area (TPSA) is 43.4 Å². The van der Waals surface area contributed by atoms with Gasteiger partial charge < -0.3 is 0 Å². The Balaban J connectivity index is 3.00. The summed E-state index contributed by atoms with van der Waals surface area (Å²) in [6.07, 6.45) is 4.49. The van der Waals surface area contributed by atoms with E-state index in [4.69, 9.17) is 6.42 Å². The van der Waals surface area contributed by atoms with Gasteiger partial charge in [0, 0.05) is 5.41 Å². The molecule has 0 aromatic rings. The number of hydrogen-bond donors (Lipinski definition) is 0. The summed E-state index contributed by atoms with van der Waals surface area (Å²) < 4.78 is 26.4. The molecule has 0 aliphatic carbocycles. The van der Waals surface area contributed by atoms with E-state index in [-0.39, 0.29) is 5.75 Å². The largest absolute Gasteiger partial charge is 0.269 e. The van der Waals surface area contributed by atoms with Gasteiger partial charge in [-0.15, -0.1) is 6.42 Å². The van der Waals surface area contributed by atoms with Crippen molar-refractivity contribution in [3.05, 3.63) is 0 Å². The summed E-state index contributed by atoms with van der Waals surface area (Å²) in [5, 5.41) is 0. The fourth-order valence-corrected chi connectivity index (χ4v) is 2.84. The van der Waals surface area contributed by atoms with Gasteiger partial charge in [0.05, 0.1) is 5.75 Å². The fourth-order valence-electron chi connectivity index (χ4n) is 1.10. The first-order valence-corrected chi connectivity index (χ1v) is 4.82. The van der Waals surface area contributed by atoms with Crippen molar-refractivity contribution >= 4 is 10.1 Å². The molecule has 1 fully saturated rings. The molecule has 1 heterocycles. The van der Waals surface area contributed by atoms with Crippen molar-refractivity contribution in [2.45, 2.75) is 20.0 Å². The van der Waals surface area contributed by atoms with Crippen LogP contribution >= 0.6 is 0 Å². The standard InChI is InChI=1S/C7H10O3S/c1-4-6-7(2,3)5-11(8,9)10-6/h1,6H,5H2,2-3H3. The minimum atomic E-state index is -3.36. The van der Waals surface area contributed by atoms with Crippen molar-refractivity contribution < 1.29 is 12.6 Å². The summed E-state index contributed by atoms with van der Waals surface area (Å²) in [4.78, 5) is 0. The Kier molecular flexibility index (Phi) is 1.73. The van der Waals surface area contributed by atoms with E-state index in [0.717, 1.165) is 0 Å². The second kappa shape index (κ2) is 2.23. The highest BCUT2D eigenvalue weighted by Crippen LogP contribution is 2.33. The molecule has 0 N–H and O–H groups in total. The van der Waals surface area contributed by atoms with Crippen molar-refractivity contribution in [3.8, 4) is 12.3 Å². The van der Waals surface area contributed by atoms with Crippen LogP contribution in [-0.2, 0) is 14.3 Å². The zero-order valence-electron chi connectivity index (χ0n) is 6.49. The van der Waals surface area contributed by atoms with Crippen LogP contribution in [-0.4, -0.2) is 20.3 Å².